The molecule has 2 aromatic rings. The molecule has 0 bridgehead atoms. The summed E-state index contributed by atoms with van der Waals surface area (Å²) in [4.78, 5) is 4.75. The normalized spacial score (nSPS) is 16.9. The Labute approximate surface area is 118 Å². The van der Waals surface area contributed by atoms with Gasteiger partial charge in [0, 0.05) is 0 Å². The average molecular weight is 276 g/mol. The van der Waals surface area contributed by atoms with E-state index in [1.807, 2.05) is 0 Å². The summed E-state index contributed by atoms with van der Waals surface area (Å²) in [5.41, 5.74) is 1.05. The second kappa shape index (κ2) is 5.88. The van der Waals surface area contributed by atoms with E-state index in [0.29, 0.717) is 6.10 Å². The number of piperidine rings is 1. The van der Waals surface area contributed by atoms with Crippen molar-refractivity contribution >= 4 is 21.6 Å². The van der Waals surface area contributed by atoms with E-state index in [1.54, 1.807) is 11.3 Å². The van der Waals surface area contributed by atoms with Crippen LogP contribution in [-0.2, 0) is 6.42 Å². The summed E-state index contributed by atoms with van der Waals surface area (Å²) >= 11 is 1.79. The molecule has 2 heterocycles. The Kier molecular flexibility index (Phi) is 3.99. The van der Waals surface area contributed by atoms with Crippen LogP contribution in [0.4, 0.5) is 0 Å². The fraction of sp³-hybridized carbons (Fsp3) is 0.533. The van der Waals surface area contributed by atoms with E-state index < -0.39 is 0 Å². The summed E-state index contributed by atoms with van der Waals surface area (Å²) in [6.07, 6.45) is 4.71. The van der Waals surface area contributed by atoms with Crippen LogP contribution < -0.4 is 10.1 Å². The molecule has 0 spiro atoms. The van der Waals surface area contributed by atoms with Gasteiger partial charge in [-0.3, -0.25) is 0 Å². The van der Waals surface area contributed by atoms with Crippen molar-refractivity contribution in [3.05, 3.63) is 23.2 Å². The van der Waals surface area contributed by atoms with Crippen LogP contribution in [0.1, 0.15) is 31.2 Å². The third kappa shape index (κ3) is 2.90. The topological polar surface area (TPSA) is 34.1 Å². The molecule has 0 amide bonds. The molecule has 19 heavy (non-hydrogen) atoms. The number of fused-ring (bicyclic) bond motifs is 1. The van der Waals surface area contributed by atoms with Gasteiger partial charge in [0.05, 0.1) is 9.71 Å². The summed E-state index contributed by atoms with van der Waals surface area (Å²) in [5.74, 6) is 0.961. The summed E-state index contributed by atoms with van der Waals surface area (Å²) in [5, 5.41) is 4.59. The zero-order valence-corrected chi connectivity index (χ0v) is 12.1. The molecule has 0 radical (unpaired) electrons. The van der Waals surface area contributed by atoms with E-state index in [-0.39, 0.29) is 0 Å². The van der Waals surface area contributed by atoms with Gasteiger partial charge in [0.15, 0.2) is 0 Å². The number of hydrogen-bond donors (Lipinski definition) is 1. The maximum atomic E-state index is 6.16. The molecular weight excluding hydrogens is 256 g/mol. The van der Waals surface area contributed by atoms with Crippen molar-refractivity contribution in [2.24, 2.45) is 0 Å². The molecule has 102 valence electrons. The number of aromatic nitrogens is 1. The molecule has 3 rings (SSSR count). The zero-order chi connectivity index (χ0) is 13.1. The van der Waals surface area contributed by atoms with Crippen molar-refractivity contribution in [2.75, 3.05) is 13.1 Å². The first-order chi connectivity index (χ1) is 9.36. The molecule has 1 N–H and O–H groups in total. The maximum Gasteiger partial charge on any atom is 0.146 e. The zero-order valence-electron chi connectivity index (χ0n) is 11.3. The standard InChI is InChI=1S/C15H20N2OS/c1-2-4-14-17-15-12(5-3-6-13(15)19-14)18-11-7-9-16-10-8-11/h3,5-6,11,16H,2,4,7-10H2,1H3. The lowest BCUT2D eigenvalue weighted by atomic mass is 10.1. The van der Waals surface area contributed by atoms with E-state index in [4.69, 9.17) is 9.72 Å². The van der Waals surface area contributed by atoms with Crippen molar-refractivity contribution < 1.29 is 4.74 Å². The van der Waals surface area contributed by atoms with Crippen LogP contribution in [0.5, 0.6) is 5.75 Å². The molecule has 1 aromatic carbocycles. The number of nitrogens with zero attached hydrogens (tertiary/aromatic N) is 1. The average Bonchev–Trinajstić information content (AvgIpc) is 2.84. The Morgan fingerprint density at radius 2 is 2.21 bits per heavy atom. The molecule has 0 unspecified atom stereocenters. The predicted molar refractivity (Wildman–Crippen MR) is 80.1 cm³/mol. The van der Waals surface area contributed by atoms with E-state index in [0.717, 1.165) is 50.0 Å². The summed E-state index contributed by atoms with van der Waals surface area (Å²) in [7, 11) is 0. The molecule has 1 aromatic heterocycles. The molecule has 0 saturated carbocycles. The van der Waals surface area contributed by atoms with Crippen LogP contribution in [0.15, 0.2) is 18.2 Å². The number of aryl methyl sites for hydroxylation is 1. The fourth-order valence-electron chi connectivity index (χ4n) is 2.48. The van der Waals surface area contributed by atoms with E-state index >= 15 is 0 Å². The minimum absolute atomic E-state index is 0.336. The van der Waals surface area contributed by atoms with Crippen LogP contribution >= 0.6 is 11.3 Å². The summed E-state index contributed by atoms with van der Waals surface area (Å²) in [6, 6.07) is 6.27. The molecule has 0 atom stereocenters. The lowest BCUT2D eigenvalue weighted by molar-refractivity contribution is 0.164. The van der Waals surface area contributed by atoms with Crippen LogP contribution in [0.3, 0.4) is 0 Å². The second-order valence-electron chi connectivity index (χ2n) is 5.03. The molecule has 0 aliphatic carbocycles. The van der Waals surface area contributed by atoms with E-state index in [2.05, 4.69) is 30.4 Å². The van der Waals surface area contributed by atoms with Gasteiger partial charge in [0.25, 0.3) is 0 Å². The fourth-order valence-corrected chi connectivity index (χ4v) is 3.56. The minimum Gasteiger partial charge on any atom is -0.488 e. The number of ether oxygens (including phenoxy) is 1. The Hall–Kier alpha value is -1.13. The third-order valence-corrected chi connectivity index (χ3v) is 4.55. The predicted octanol–water partition coefficient (Wildman–Crippen LogP) is 3.38. The lowest BCUT2D eigenvalue weighted by Crippen LogP contribution is -2.34. The first kappa shape index (κ1) is 12.9. The first-order valence-corrected chi connectivity index (χ1v) is 7.94. The highest BCUT2D eigenvalue weighted by Gasteiger charge is 2.16. The molecule has 1 aliphatic heterocycles. The van der Waals surface area contributed by atoms with Crippen molar-refractivity contribution in [1.29, 1.82) is 0 Å². The quantitative estimate of drug-likeness (QED) is 0.929. The van der Waals surface area contributed by atoms with Crippen molar-refractivity contribution in [3.8, 4) is 5.75 Å². The number of rotatable bonds is 4. The Morgan fingerprint density at radius 3 is 3.00 bits per heavy atom. The smallest absolute Gasteiger partial charge is 0.146 e. The van der Waals surface area contributed by atoms with Gasteiger partial charge < -0.3 is 10.1 Å². The maximum absolute atomic E-state index is 6.16. The number of nitrogens with one attached hydrogen (secondary N) is 1. The van der Waals surface area contributed by atoms with Gasteiger partial charge in [-0.15, -0.1) is 11.3 Å². The summed E-state index contributed by atoms with van der Waals surface area (Å²) < 4.78 is 7.41. The molecule has 3 nitrogen and oxygen atoms in total. The lowest BCUT2D eigenvalue weighted by Gasteiger charge is -2.23. The van der Waals surface area contributed by atoms with Gasteiger partial charge in [-0.2, -0.15) is 0 Å². The minimum atomic E-state index is 0.336. The number of benzene rings is 1. The SMILES string of the molecule is CCCc1nc2c(OC3CCNCC3)cccc2s1. The third-order valence-electron chi connectivity index (χ3n) is 3.47. The highest BCUT2D eigenvalue weighted by Crippen LogP contribution is 2.31. The van der Waals surface area contributed by atoms with E-state index in [9.17, 15) is 0 Å². The van der Waals surface area contributed by atoms with Gasteiger partial charge in [0.1, 0.15) is 17.4 Å². The number of para-hydroxylation sites is 1. The molecule has 4 heteroatoms. The number of thiazole rings is 1. The van der Waals surface area contributed by atoms with Crippen LogP contribution in [0.2, 0.25) is 0 Å². The highest BCUT2D eigenvalue weighted by atomic mass is 32.1. The Morgan fingerprint density at radius 1 is 1.37 bits per heavy atom. The molecule has 1 fully saturated rings. The molecular formula is C15H20N2OS. The Balaban J connectivity index is 1.85. The monoisotopic (exact) mass is 276 g/mol. The van der Waals surface area contributed by atoms with Gasteiger partial charge in [-0.25, -0.2) is 4.98 Å². The molecule has 1 aliphatic rings. The van der Waals surface area contributed by atoms with Crippen LogP contribution in [-0.4, -0.2) is 24.2 Å². The van der Waals surface area contributed by atoms with Crippen LogP contribution in [0.25, 0.3) is 10.2 Å². The van der Waals surface area contributed by atoms with Crippen molar-refractivity contribution in [1.82, 2.24) is 10.3 Å². The van der Waals surface area contributed by atoms with Gasteiger partial charge in [-0.1, -0.05) is 13.0 Å². The number of hydrogen-bond acceptors (Lipinski definition) is 4. The van der Waals surface area contributed by atoms with Gasteiger partial charge in [0.2, 0.25) is 0 Å². The largest absolute Gasteiger partial charge is 0.488 e. The van der Waals surface area contributed by atoms with Crippen molar-refractivity contribution in [2.45, 2.75) is 38.7 Å². The second-order valence-corrected chi connectivity index (χ2v) is 6.14. The molecule has 1 saturated heterocycles. The highest BCUT2D eigenvalue weighted by molar-refractivity contribution is 7.18. The summed E-state index contributed by atoms with van der Waals surface area (Å²) in [6.45, 7) is 4.30. The Bertz CT molecular complexity index is 546. The van der Waals surface area contributed by atoms with Gasteiger partial charge >= 0.3 is 0 Å². The van der Waals surface area contributed by atoms with Crippen LogP contribution in [0, 0.1) is 0 Å². The van der Waals surface area contributed by atoms with E-state index in [1.165, 1.54) is 9.71 Å². The van der Waals surface area contributed by atoms with Gasteiger partial charge in [-0.05, 0) is 50.9 Å². The first-order valence-electron chi connectivity index (χ1n) is 7.12. The van der Waals surface area contributed by atoms with Crippen molar-refractivity contribution in [3.63, 3.8) is 0 Å².